The minimum Gasteiger partial charge on any atom is -0.493 e. The number of likely N-dealkylation sites (N-methyl/N-ethyl adjacent to an activating group) is 1. The first-order chi connectivity index (χ1) is 11.0. The quantitative estimate of drug-likeness (QED) is 0.744. The number of hydrogen-bond donors (Lipinski definition) is 2. The van der Waals surface area contributed by atoms with Crippen LogP contribution in [0.4, 0.5) is 0 Å². The fourth-order valence-electron chi connectivity index (χ4n) is 2.76. The number of carboxylic acid groups (broad SMARTS) is 1. The molecule has 2 rings (SSSR count). The van der Waals surface area contributed by atoms with Crippen LogP contribution in [0.25, 0.3) is 10.9 Å². The first kappa shape index (κ1) is 17.3. The molecule has 1 aromatic carbocycles. The molecule has 0 aliphatic heterocycles. The molecule has 0 bridgehead atoms. The van der Waals surface area contributed by atoms with Crippen molar-refractivity contribution in [2.24, 2.45) is 0 Å². The number of carboxylic acids is 1. The Morgan fingerprint density at radius 1 is 1.39 bits per heavy atom. The van der Waals surface area contributed by atoms with Crippen molar-refractivity contribution < 1.29 is 14.6 Å². The number of aliphatic carboxylic acids is 1. The highest BCUT2D eigenvalue weighted by Gasteiger charge is 2.10. The zero-order valence-electron chi connectivity index (χ0n) is 14.1. The molecular weight excluding hydrogens is 292 g/mol. The van der Waals surface area contributed by atoms with Gasteiger partial charge in [-0.15, -0.1) is 0 Å². The van der Waals surface area contributed by atoms with Crippen LogP contribution in [0.1, 0.15) is 32.8 Å². The third-order valence-corrected chi connectivity index (χ3v) is 4.13. The van der Waals surface area contributed by atoms with Crippen LogP contribution >= 0.6 is 0 Å². The van der Waals surface area contributed by atoms with Crippen LogP contribution in [-0.4, -0.2) is 46.7 Å². The van der Waals surface area contributed by atoms with Gasteiger partial charge in [0.05, 0.1) is 13.0 Å². The molecule has 0 atom stereocenters. The van der Waals surface area contributed by atoms with Crippen molar-refractivity contribution in [2.45, 2.75) is 39.7 Å². The summed E-state index contributed by atoms with van der Waals surface area (Å²) in [6.45, 7) is 8.92. The maximum Gasteiger partial charge on any atom is 0.306 e. The molecule has 2 aromatic rings. The lowest BCUT2D eigenvalue weighted by Crippen LogP contribution is -2.32. The van der Waals surface area contributed by atoms with Crippen LogP contribution in [0.15, 0.2) is 24.4 Å². The molecule has 0 amide bonds. The molecule has 2 N–H and O–H groups in total. The van der Waals surface area contributed by atoms with Crippen LogP contribution in [0.5, 0.6) is 5.75 Å². The van der Waals surface area contributed by atoms with E-state index in [0.717, 1.165) is 25.0 Å². The van der Waals surface area contributed by atoms with Gasteiger partial charge in [0, 0.05) is 35.8 Å². The number of nitrogens with zero attached hydrogens (tertiary/aromatic N) is 1. The van der Waals surface area contributed by atoms with Gasteiger partial charge in [0.2, 0.25) is 0 Å². The van der Waals surface area contributed by atoms with E-state index in [9.17, 15) is 4.79 Å². The smallest absolute Gasteiger partial charge is 0.306 e. The van der Waals surface area contributed by atoms with Crippen molar-refractivity contribution in [3.8, 4) is 5.75 Å². The summed E-state index contributed by atoms with van der Waals surface area (Å²) in [7, 11) is 0. The molecule has 5 heteroatoms. The fraction of sp³-hybridized carbons (Fsp3) is 0.500. The van der Waals surface area contributed by atoms with Gasteiger partial charge in [-0.2, -0.15) is 0 Å². The van der Waals surface area contributed by atoms with E-state index >= 15 is 0 Å². The lowest BCUT2D eigenvalue weighted by atomic mass is 10.1. The van der Waals surface area contributed by atoms with E-state index in [1.165, 1.54) is 10.9 Å². The number of carbonyl (C=O) groups is 1. The Bertz CT molecular complexity index is 649. The summed E-state index contributed by atoms with van der Waals surface area (Å²) in [5.41, 5.74) is 2.33. The van der Waals surface area contributed by atoms with Gasteiger partial charge in [0.25, 0.3) is 0 Å². The first-order valence-electron chi connectivity index (χ1n) is 8.20. The Labute approximate surface area is 137 Å². The lowest BCUT2D eigenvalue weighted by Gasteiger charge is -2.24. The summed E-state index contributed by atoms with van der Waals surface area (Å²) >= 11 is 0. The number of ether oxygens (including phenoxy) is 1. The molecule has 0 spiro atoms. The van der Waals surface area contributed by atoms with Crippen molar-refractivity contribution in [3.05, 3.63) is 30.0 Å². The Balaban J connectivity index is 2.02. The Morgan fingerprint density at radius 3 is 2.83 bits per heavy atom. The Hall–Kier alpha value is -2.01. The molecule has 0 saturated heterocycles. The van der Waals surface area contributed by atoms with E-state index in [0.29, 0.717) is 11.8 Å². The highest BCUT2D eigenvalue weighted by Crippen LogP contribution is 2.24. The molecule has 23 heavy (non-hydrogen) atoms. The molecule has 1 aromatic heterocycles. The van der Waals surface area contributed by atoms with Gasteiger partial charge in [-0.05, 0) is 44.5 Å². The molecule has 0 radical (unpaired) electrons. The second-order valence-electron chi connectivity index (χ2n) is 5.99. The average Bonchev–Trinajstić information content (AvgIpc) is 2.90. The van der Waals surface area contributed by atoms with E-state index in [4.69, 9.17) is 9.84 Å². The number of benzene rings is 1. The highest BCUT2D eigenvalue weighted by molar-refractivity contribution is 5.84. The van der Waals surface area contributed by atoms with Gasteiger partial charge < -0.3 is 19.7 Å². The number of aromatic amines is 1. The van der Waals surface area contributed by atoms with Crippen LogP contribution in [-0.2, 0) is 11.2 Å². The fourth-order valence-corrected chi connectivity index (χ4v) is 2.76. The Kier molecular flexibility index (Phi) is 6.04. The third-order valence-electron chi connectivity index (χ3n) is 4.13. The predicted molar refractivity (Wildman–Crippen MR) is 92.1 cm³/mol. The monoisotopic (exact) mass is 318 g/mol. The van der Waals surface area contributed by atoms with Crippen molar-refractivity contribution in [3.63, 3.8) is 0 Å². The van der Waals surface area contributed by atoms with Gasteiger partial charge in [0.15, 0.2) is 0 Å². The van der Waals surface area contributed by atoms with Crippen molar-refractivity contribution in [2.75, 3.05) is 19.7 Å². The minimum absolute atomic E-state index is 0.00999. The van der Waals surface area contributed by atoms with E-state index in [-0.39, 0.29) is 13.0 Å². The number of rotatable bonds is 9. The maximum atomic E-state index is 10.5. The van der Waals surface area contributed by atoms with Gasteiger partial charge in [0.1, 0.15) is 5.75 Å². The second-order valence-corrected chi connectivity index (χ2v) is 5.99. The van der Waals surface area contributed by atoms with Gasteiger partial charge in [-0.3, -0.25) is 4.79 Å². The summed E-state index contributed by atoms with van der Waals surface area (Å²) in [5.74, 6) is -0.150. The molecule has 0 aliphatic carbocycles. The summed E-state index contributed by atoms with van der Waals surface area (Å²) in [6, 6.07) is 6.44. The maximum absolute atomic E-state index is 10.5. The summed E-state index contributed by atoms with van der Waals surface area (Å²) in [5, 5.41) is 9.84. The molecule has 1 heterocycles. The van der Waals surface area contributed by atoms with Crippen molar-refractivity contribution >= 4 is 16.9 Å². The third kappa shape index (κ3) is 4.73. The molecule has 0 aliphatic rings. The van der Waals surface area contributed by atoms with Gasteiger partial charge >= 0.3 is 5.97 Å². The molecule has 0 saturated carbocycles. The van der Waals surface area contributed by atoms with E-state index in [1.54, 1.807) is 0 Å². The molecule has 0 fully saturated rings. The SMILES string of the molecule is CCN(CCc1c[nH]c2cc(OCCC(=O)O)ccc12)C(C)C. The second kappa shape index (κ2) is 8.02. The van der Waals surface area contributed by atoms with Gasteiger partial charge in [-0.1, -0.05) is 6.92 Å². The minimum atomic E-state index is -0.848. The number of nitrogens with one attached hydrogen (secondary N) is 1. The van der Waals surface area contributed by atoms with Crippen LogP contribution in [0.2, 0.25) is 0 Å². The summed E-state index contributed by atoms with van der Waals surface area (Å²) < 4.78 is 5.47. The van der Waals surface area contributed by atoms with Crippen LogP contribution in [0.3, 0.4) is 0 Å². The number of H-pyrrole nitrogens is 1. The van der Waals surface area contributed by atoms with Crippen molar-refractivity contribution in [1.29, 1.82) is 0 Å². The van der Waals surface area contributed by atoms with Crippen LogP contribution in [0, 0.1) is 0 Å². The Morgan fingerprint density at radius 2 is 2.17 bits per heavy atom. The number of hydrogen-bond acceptors (Lipinski definition) is 3. The average molecular weight is 318 g/mol. The van der Waals surface area contributed by atoms with E-state index < -0.39 is 5.97 Å². The molecule has 0 unspecified atom stereocenters. The standard InChI is InChI=1S/C18H26N2O3/c1-4-20(13(2)3)9-7-14-12-19-17-11-15(5-6-16(14)17)23-10-8-18(21)22/h5-6,11-13,19H,4,7-10H2,1-3H3,(H,21,22). The van der Waals surface area contributed by atoms with E-state index in [2.05, 4.69) is 36.9 Å². The number of aromatic nitrogens is 1. The van der Waals surface area contributed by atoms with Crippen molar-refractivity contribution in [1.82, 2.24) is 9.88 Å². The topological polar surface area (TPSA) is 65.6 Å². The first-order valence-corrected chi connectivity index (χ1v) is 8.20. The molecule has 5 nitrogen and oxygen atoms in total. The summed E-state index contributed by atoms with van der Waals surface area (Å²) in [4.78, 5) is 16.2. The highest BCUT2D eigenvalue weighted by atomic mass is 16.5. The van der Waals surface area contributed by atoms with Gasteiger partial charge in [-0.25, -0.2) is 0 Å². The van der Waals surface area contributed by atoms with Crippen LogP contribution < -0.4 is 4.74 Å². The largest absolute Gasteiger partial charge is 0.493 e. The zero-order chi connectivity index (χ0) is 16.8. The zero-order valence-corrected chi connectivity index (χ0v) is 14.1. The normalized spacial score (nSPS) is 11.5. The number of fused-ring (bicyclic) bond motifs is 1. The summed E-state index contributed by atoms with van der Waals surface area (Å²) in [6.07, 6.45) is 3.07. The lowest BCUT2D eigenvalue weighted by molar-refractivity contribution is -0.137. The van der Waals surface area contributed by atoms with E-state index in [1.807, 2.05) is 18.2 Å². The molecular formula is C18H26N2O3. The predicted octanol–water partition coefficient (Wildman–Crippen LogP) is 3.29. The molecule has 126 valence electrons.